The van der Waals surface area contributed by atoms with E-state index in [2.05, 4.69) is 18.2 Å². The first-order valence-corrected chi connectivity index (χ1v) is 6.84. The number of halogens is 3. The molecule has 0 aromatic heterocycles. The number of ether oxygens (including phenoxy) is 1. The second kappa shape index (κ2) is 9.87. The van der Waals surface area contributed by atoms with E-state index < -0.39 is 12.3 Å². The molecule has 0 aromatic carbocycles. The average Bonchev–Trinajstić information content (AvgIpc) is 2.30. The highest BCUT2D eigenvalue weighted by atomic mass is 19.4. The summed E-state index contributed by atoms with van der Waals surface area (Å²) in [6.45, 7) is 5.48. The minimum Gasteiger partial charge on any atom is -0.369 e. The lowest BCUT2D eigenvalue weighted by atomic mass is 10.1. The molecule has 0 amide bonds. The van der Waals surface area contributed by atoms with Gasteiger partial charge < -0.3 is 4.74 Å². The Balaban J connectivity index is 3.51. The van der Waals surface area contributed by atoms with Crippen LogP contribution in [0.3, 0.4) is 0 Å². The van der Waals surface area contributed by atoms with Gasteiger partial charge in [-0.1, -0.05) is 58.4 Å². The zero-order chi connectivity index (χ0) is 14.7. The molecule has 0 rings (SSSR count). The second-order valence-corrected chi connectivity index (χ2v) is 4.66. The van der Waals surface area contributed by atoms with Crippen molar-refractivity contribution in [3.8, 4) is 0 Å². The highest BCUT2D eigenvalue weighted by Gasteiger charge is 2.34. The lowest BCUT2D eigenvalue weighted by Crippen LogP contribution is -2.20. The third-order valence-electron chi connectivity index (χ3n) is 2.83. The molecule has 0 N–H and O–H groups in total. The highest BCUT2D eigenvalue weighted by molar-refractivity contribution is 5.87. The summed E-state index contributed by atoms with van der Waals surface area (Å²) in [6.07, 6.45) is 4.02. The molecule has 0 heterocycles. The fourth-order valence-electron chi connectivity index (χ4n) is 1.75. The number of hydrogen-bond donors (Lipinski definition) is 0. The number of rotatable bonds is 10. The molecule has 2 nitrogen and oxygen atoms in total. The first-order chi connectivity index (χ1) is 8.87. The third kappa shape index (κ3) is 11.8. The van der Waals surface area contributed by atoms with Crippen molar-refractivity contribution in [3.05, 3.63) is 12.2 Å². The Morgan fingerprint density at radius 3 is 1.95 bits per heavy atom. The summed E-state index contributed by atoms with van der Waals surface area (Å²) in [5.41, 5.74) is -0.108. The van der Waals surface area contributed by atoms with E-state index in [1.54, 1.807) is 0 Å². The normalized spacial score (nSPS) is 11.4. The van der Waals surface area contributed by atoms with E-state index in [1.807, 2.05) is 0 Å². The maximum absolute atomic E-state index is 11.8. The SMILES string of the molecule is C=C(CCCCCCCCCC)C(=O)OC(F)(F)F. The lowest BCUT2D eigenvalue weighted by Gasteiger charge is -2.08. The fraction of sp³-hybridized carbons (Fsp3) is 0.786. The standard InChI is InChI=1S/C14H23F3O2/c1-3-4-5-6-7-8-9-10-11-12(2)13(18)19-14(15,16)17/h2-11H2,1H3. The summed E-state index contributed by atoms with van der Waals surface area (Å²) in [7, 11) is 0. The average molecular weight is 280 g/mol. The van der Waals surface area contributed by atoms with Gasteiger partial charge in [-0.3, -0.25) is 0 Å². The van der Waals surface area contributed by atoms with E-state index in [0.717, 1.165) is 19.3 Å². The Kier molecular flexibility index (Phi) is 9.35. The molecular weight excluding hydrogens is 257 g/mol. The van der Waals surface area contributed by atoms with Gasteiger partial charge in [0, 0.05) is 5.57 Å². The maximum atomic E-state index is 11.8. The van der Waals surface area contributed by atoms with Crippen molar-refractivity contribution in [2.75, 3.05) is 0 Å². The van der Waals surface area contributed by atoms with Crippen LogP contribution in [-0.2, 0) is 9.53 Å². The second-order valence-electron chi connectivity index (χ2n) is 4.66. The molecular formula is C14H23F3O2. The molecule has 0 radical (unpaired) electrons. The van der Waals surface area contributed by atoms with Gasteiger partial charge in [-0.2, -0.15) is 0 Å². The first-order valence-electron chi connectivity index (χ1n) is 6.84. The topological polar surface area (TPSA) is 26.3 Å². The number of esters is 1. The molecule has 112 valence electrons. The molecule has 5 heteroatoms. The van der Waals surface area contributed by atoms with Gasteiger partial charge >= 0.3 is 12.3 Å². The molecule has 19 heavy (non-hydrogen) atoms. The van der Waals surface area contributed by atoms with E-state index >= 15 is 0 Å². The quantitative estimate of drug-likeness (QED) is 0.315. The summed E-state index contributed by atoms with van der Waals surface area (Å²) in [5.74, 6) is -1.37. The van der Waals surface area contributed by atoms with E-state index in [1.165, 1.54) is 25.7 Å². The van der Waals surface area contributed by atoms with Crippen LogP contribution in [0.25, 0.3) is 0 Å². The van der Waals surface area contributed by atoms with Gasteiger partial charge in [-0.25, -0.2) is 4.79 Å². The van der Waals surface area contributed by atoms with Crippen molar-refractivity contribution in [2.45, 2.75) is 71.1 Å². The zero-order valence-corrected chi connectivity index (χ0v) is 11.5. The molecule has 0 spiro atoms. The maximum Gasteiger partial charge on any atom is 0.575 e. The largest absolute Gasteiger partial charge is 0.575 e. The van der Waals surface area contributed by atoms with E-state index in [9.17, 15) is 18.0 Å². The molecule has 0 aromatic rings. The van der Waals surface area contributed by atoms with Crippen molar-refractivity contribution in [1.29, 1.82) is 0 Å². The lowest BCUT2D eigenvalue weighted by molar-refractivity contribution is -0.303. The summed E-state index contributed by atoms with van der Waals surface area (Å²) < 4.78 is 38.6. The van der Waals surface area contributed by atoms with Crippen molar-refractivity contribution < 1.29 is 22.7 Å². The van der Waals surface area contributed by atoms with E-state index in [4.69, 9.17) is 0 Å². The molecule has 0 fully saturated rings. The van der Waals surface area contributed by atoms with Crippen LogP contribution in [0.15, 0.2) is 12.2 Å². The number of unbranched alkanes of at least 4 members (excludes halogenated alkanes) is 7. The molecule has 0 aliphatic carbocycles. The number of alkyl halides is 3. The molecule has 0 aliphatic heterocycles. The monoisotopic (exact) mass is 280 g/mol. The van der Waals surface area contributed by atoms with Gasteiger partial charge in [0.05, 0.1) is 0 Å². The third-order valence-corrected chi connectivity index (χ3v) is 2.83. The predicted octanol–water partition coefficient (Wildman–Crippen LogP) is 5.14. The molecule has 0 atom stereocenters. The summed E-state index contributed by atoms with van der Waals surface area (Å²) >= 11 is 0. The van der Waals surface area contributed by atoms with Gasteiger partial charge in [0.2, 0.25) is 0 Å². The van der Waals surface area contributed by atoms with Gasteiger partial charge in [-0.05, 0) is 12.8 Å². The molecule has 0 saturated carbocycles. The van der Waals surface area contributed by atoms with E-state index in [0.29, 0.717) is 6.42 Å². The van der Waals surface area contributed by atoms with Gasteiger partial charge in [0.15, 0.2) is 0 Å². The first kappa shape index (κ1) is 18.0. The minimum atomic E-state index is -4.92. The highest BCUT2D eigenvalue weighted by Crippen LogP contribution is 2.20. The van der Waals surface area contributed by atoms with Gasteiger partial charge in [-0.15, -0.1) is 13.2 Å². The Morgan fingerprint density at radius 1 is 1.00 bits per heavy atom. The van der Waals surface area contributed by atoms with Crippen LogP contribution in [0.4, 0.5) is 13.2 Å². The molecule has 0 bridgehead atoms. The summed E-state index contributed by atoms with van der Waals surface area (Å²) in [5, 5.41) is 0. The zero-order valence-electron chi connectivity index (χ0n) is 11.5. The van der Waals surface area contributed by atoms with Crippen molar-refractivity contribution in [2.24, 2.45) is 0 Å². The van der Waals surface area contributed by atoms with Crippen LogP contribution < -0.4 is 0 Å². The van der Waals surface area contributed by atoms with Crippen LogP contribution in [0.5, 0.6) is 0 Å². The summed E-state index contributed by atoms with van der Waals surface area (Å²) in [4.78, 5) is 11.0. The van der Waals surface area contributed by atoms with Crippen molar-refractivity contribution in [1.82, 2.24) is 0 Å². The van der Waals surface area contributed by atoms with Gasteiger partial charge in [0.25, 0.3) is 0 Å². The van der Waals surface area contributed by atoms with Crippen LogP contribution in [0.1, 0.15) is 64.7 Å². The Bertz CT molecular complexity index is 272. The Hall–Kier alpha value is -1.00. The van der Waals surface area contributed by atoms with Crippen LogP contribution in [-0.4, -0.2) is 12.3 Å². The summed E-state index contributed by atoms with van der Waals surface area (Å²) in [6, 6.07) is 0. The predicted molar refractivity (Wildman–Crippen MR) is 68.5 cm³/mol. The Labute approximate surface area is 113 Å². The van der Waals surface area contributed by atoms with E-state index in [-0.39, 0.29) is 12.0 Å². The number of carbonyl (C=O) groups is 1. The van der Waals surface area contributed by atoms with Crippen LogP contribution >= 0.6 is 0 Å². The minimum absolute atomic E-state index is 0.108. The fourth-order valence-corrected chi connectivity index (χ4v) is 1.75. The van der Waals surface area contributed by atoms with Crippen LogP contribution in [0, 0.1) is 0 Å². The van der Waals surface area contributed by atoms with Crippen molar-refractivity contribution in [3.63, 3.8) is 0 Å². The smallest absolute Gasteiger partial charge is 0.369 e. The Morgan fingerprint density at radius 2 is 1.47 bits per heavy atom. The molecule has 0 aliphatic rings. The van der Waals surface area contributed by atoms with Crippen LogP contribution in [0.2, 0.25) is 0 Å². The van der Waals surface area contributed by atoms with Gasteiger partial charge in [0.1, 0.15) is 0 Å². The molecule has 0 unspecified atom stereocenters. The van der Waals surface area contributed by atoms with Crippen molar-refractivity contribution >= 4 is 5.97 Å². The number of hydrogen-bond acceptors (Lipinski definition) is 2. The molecule has 0 saturated heterocycles. The number of carbonyl (C=O) groups excluding carboxylic acids is 1.